The first-order chi connectivity index (χ1) is 5.59. The molecule has 3 N–H and O–H groups in total. The first-order valence-electron chi connectivity index (χ1n) is 3.59. The molecule has 0 aliphatic heterocycles. The van der Waals surface area contributed by atoms with E-state index in [9.17, 15) is 0 Å². The molecule has 1 aromatic rings. The molecule has 1 rings (SSSR count). The Morgan fingerprint density at radius 1 is 1.58 bits per heavy atom. The fourth-order valence-corrected chi connectivity index (χ4v) is 1.06. The summed E-state index contributed by atoms with van der Waals surface area (Å²) in [6.07, 6.45) is 1.77. The van der Waals surface area contributed by atoms with E-state index in [1.165, 1.54) is 0 Å². The molecule has 12 heavy (non-hydrogen) atoms. The van der Waals surface area contributed by atoms with E-state index in [1.54, 1.807) is 6.20 Å². The highest BCUT2D eigenvalue weighted by molar-refractivity contribution is 7.80. The molecular formula is C8H11N3S. The Morgan fingerprint density at radius 3 is 2.75 bits per heavy atom. The second kappa shape index (κ2) is 3.49. The van der Waals surface area contributed by atoms with Gasteiger partial charge in [0.05, 0.1) is 0 Å². The summed E-state index contributed by atoms with van der Waals surface area (Å²) in [7, 11) is 0. The molecule has 0 aromatic carbocycles. The SMILES string of the molecule is Cc1cnc(NC(N)=S)c(C)c1. The zero-order valence-electron chi connectivity index (χ0n) is 7.09. The smallest absolute Gasteiger partial charge is 0.169 e. The van der Waals surface area contributed by atoms with Gasteiger partial charge in [0.15, 0.2) is 5.11 Å². The number of nitrogens with one attached hydrogen (secondary N) is 1. The lowest BCUT2D eigenvalue weighted by Gasteiger charge is -2.06. The molecule has 0 fully saturated rings. The fourth-order valence-electron chi connectivity index (χ4n) is 0.963. The molecule has 0 unspecified atom stereocenters. The molecule has 0 bridgehead atoms. The summed E-state index contributed by atoms with van der Waals surface area (Å²) >= 11 is 4.70. The van der Waals surface area contributed by atoms with E-state index in [4.69, 9.17) is 18.0 Å². The minimum absolute atomic E-state index is 0.245. The summed E-state index contributed by atoms with van der Waals surface area (Å²) in [6, 6.07) is 2.02. The Kier molecular flexibility index (Phi) is 2.60. The second-order valence-corrected chi connectivity index (χ2v) is 3.11. The summed E-state index contributed by atoms with van der Waals surface area (Å²) in [5.41, 5.74) is 7.48. The van der Waals surface area contributed by atoms with E-state index >= 15 is 0 Å². The second-order valence-electron chi connectivity index (χ2n) is 2.67. The maximum atomic E-state index is 5.31. The number of rotatable bonds is 1. The van der Waals surface area contributed by atoms with Crippen molar-refractivity contribution >= 4 is 23.1 Å². The number of aryl methyl sites for hydroxylation is 2. The molecule has 0 radical (unpaired) electrons. The molecule has 4 heteroatoms. The monoisotopic (exact) mass is 181 g/mol. The van der Waals surface area contributed by atoms with Gasteiger partial charge in [0.1, 0.15) is 5.82 Å². The lowest BCUT2D eigenvalue weighted by atomic mass is 10.2. The van der Waals surface area contributed by atoms with Crippen LogP contribution in [0.2, 0.25) is 0 Å². The molecule has 0 spiro atoms. The van der Waals surface area contributed by atoms with E-state index in [2.05, 4.69) is 10.3 Å². The topological polar surface area (TPSA) is 50.9 Å². The summed E-state index contributed by atoms with van der Waals surface area (Å²) in [6.45, 7) is 3.95. The van der Waals surface area contributed by atoms with Gasteiger partial charge in [0.2, 0.25) is 0 Å². The zero-order valence-corrected chi connectivity index (χ0v) is 7.90. The molecule has 0 saturated carbocycles. The predicted molar refractivity (Wildman–Crippen MR) is 54.1 cm³/mol. The van der Waals surface area contributed by atoms with Crippen molar-refractivity contribution in [2.75, 3.05) is 5.32 Å². The van der Waals surface area contributed by atoms with Gasteiger partial charge in [-0.05, 0) is 37.2 Å². The van der Waals surface area contributed by atoms with Gasteiger partial charge < -0.3 is 11.1 Å². The zero-order chi connectivity index (χ0) is 9.14. The molecule has 3 nitrogen and oxygen atoms in total. The van der Waals surface area contributed by atoms with E-state index in [0.717, 1.165) is 16.9 Å². The Hall–Kier alpha value is -1.16. The van der Waals surface area contributed by atoms with Crippen LogP contribution in [0.3, 0.4) is 0 Å². The van der Waals surface area contributed by atoms with Crippen molar-refractivity contribution < 1.29 is 0 Å². The Balaban J connectivity index is 2.93. The van der Waals surface area contributed by atoms with Gasteiger partial charge in [0, 0.05) is 6.20 Å². The number of nitrogens with zero attached hydrogens (tertiary/aromatic N) is 1. The van der Waals surface area contributed by atoms with E-state index in [-0.39, 0.29) is 5.11 Å². The maximum Gasteiger partial charge on any atom is 0.169 e. The van der Waals surface area contributed by atoms with Crippen molar-refractivity contribution in [3.05, 3.63) is 23.4 Å². The first kappa shape index (κ1) is 8.93. The van der Waals surface area contributed by atoms with Crippen LogP contribution in [0.5, 0.6) is 0 Å². The van der Waals surface area contributed by atoms with Gasteiger partial charge in [-0.15, -0.1) is 0 Å². The minimum atomic E-state index is 0.245. The number of hydrogen-bond acceptors (Lipinski definition) is 2. The normalized spacial score (nSPS) is 9.50. The third kappa shape index (κ3) is 2.17. The number of anilines is 1. The molecule has 1 heterocycles. The fraction of sp³-hybridized carbons (Fsp3) is 0.250. The predicted octanol–water partition coefficient (Wildman–Crippen LogP) is 1.35. The highest BCUT2D eigenvalue weighted by Gasteiger charge is 1.99. The van der Waals surface area contributed by atoms with Crippen LogP contribution in [0.15, 0.2) is 12.3 Å². The van der Waals surface area contributed by atoms with Crippen LogP contribution >= 0.6 is 12.2 Å². The molecular weight excluding hydrogens is 170 g/mol. The molecule has 0 atom stereocenters. The Labute approximate surface area is 77.0 Å². The van der Waals surface area contributed by atoms with E-state index < -0.39 is 0 Å². The van der Waals surface area contributed by atoms with Crippen LogP contribution in [0.25, 0.3) is 0 Å². The molecule has 64 valence electrons. The molecule has 0 saturated heterocycles. The summed E-state index contributed by atoms with van der Waals surface area (Å²) in [5, 5.41) is 3.04. The van der Waals surface area contributed by atoms with Crippen molar-refractivity contribution in [1.29, 1.82) is 0 Å². The number of pyridine rings is 1. The van der Waals surface area contributed by atoms with Crippen molar-refractivity contribution in [2.45, 2.75) is 13.8 Å². The molecule has 1 aromatic heterocycles. The van der Waals surface area contributed by atoms with Crippen LogP contribution in [-0.4, -0.2) is 10.1 Å². The van der Waals surface area contributed by atoms with E-state index in [0.29, 0.717) is 0 Å². The van der Waals surface area contributed by atoms with Crippen LogP contribution in [0.1, 0.15) is 11.1 Å². The average molecular weight is 181 g/mol. The van der Waals surface area contributed by atoms with Gasteiger partial charge >= 0.3 is 0 Å². The minimum Gasteiger partial charge on any atom is -0.376 e. The van der Waals surface area contributed by atoms with E-state index in [1.807, 2.05) is 19.9 Å². The summed E-state index contributed by atoms with van der Waals surface area (Å²) < 4.78 is 0. The molecule has 0 aliphatic carbocycles. The van der Waals surface area contributed by atoms with Gasteiger partial charge in [-0.25, -0.2) is 4.98 Å². The van der Waals surface area contributed by atoms with Crippen molar-refractivity contribution in [3.63, 3.8) is 0 Å². The number of hydrogen-bond donors (Lipinski definition) is 2. The largest absolute Gasteiger partial charge is 0.376 e. The maximum absolute atomic E-state index is 5.31. The Morgan fingerprint density at radius 2 is 2.25 bits per heavy atom. The van der Waals surface area contributed by atoms with Crippen molar-refractivity contribution in [3.8, 4) is 0 Å². The van der Waals surface area contributed by atoms with Crippen LogP contribution < -0.4 is 11.1 Å². The lowest BCUT2D eigenvalue weighted by Crippen LogP contribution is -2.20. The van der Waals surface area contributed by atoms with Crippen LogP contribution in [0, 0.1) is 13.8 Å². The van der Waals surface area contributed by atoms with Gasteiger partial charge in [0.25, 0.3) is 0 Å². The summed E-state index contributed by atoms with van der Waals surface area (Å²) in [5.74, 6) is 0.730. The summed E-state index contributed by atoms with van der Waals surface area (Å²) in [4.78, 5) is 4.14. The molecule has 0 amide bonds. The highest BCUT2D eigenvalue weighted by atomic mass is 32.1. The van der Waals surface area contributed by atoms with Crippen LogP contribution in [-0.2, 0) is 0 Å². The Bertz CT molecular complexity index is 309. The lowest BCUT2D eigenvalue weighted by molar-refractivity contribution is 1.22. The first-order valence-corrected chi connectivity index (χ1v) is 4.00. The van der Waals surface area contributed by atoms with Gasteiger partial charge in [-0.3, -0.25) is 0 Å². The number of thiocarbonyl (C=S) groups is 1. The third-order valence-corrected chi connectivity index (χ3v) is 1.56. The number of nitrogens with two attached hydrogens (primary N) is 1. The molecule has 0 aliphatic rings. The average Bonchev–Trinajstić information content (AvgIpc) is 1.94. The van der Waals surface area contributed by atoms with Gasteiger partial charge in [-0.2, -0.15) is 0 Å². The quantitative estimate of drug-likeness (QED) is 0.642. The third-order valence-electron chi connectivity index (χ3n) is 1.46. The van der Waals surface area contributed by atoms with Crippen molar-refractivity contribution in [1.82, 2.24) is 4.98 Å². The number of aromatic nitrogens is 1. The standard InChI is InChI=1S/C8H11N3S/c1-5-3-6(2)7(10-4-5)11-8(9)12/h3-4H,1-2H3,(H3,9,10,11,12). The van der Waals surface area contributed by atoms with Crippen LogP contribution in [0.4, 0.5) is 5.82 Å². The van der Waals surface area contributed by atoms with Crippen molar-refractivity contribution in [2.24, 2.45) is 5.73 Å². The van der Waals surface area contributed by atoms with Gasteiger partial charge in [-0.1, -0.05) is 6.07 Å². The highest BCUT2D eigenvalue weighted by Crippen LogP contribution is 2.11.